The zero-order chi connectivity index (χ0) is 17.8. The van der Waals surface area contributed by atoms with Crippen molar-refractivity contribution in [1.82, 2.24) is 14.8 Å². The van der Waals surface area contributed by atoms with Crippen LogP contribution in [-0.4, -0.2) is 41.5 Å². The van der Waals surface area contributed by atoms with Crippen LogP contribution in [0.15, 0.2) is 21.9 Å². The first-order chi connectivity index (χ1) is 12.0. The van der Waals surface area contributed by atoms with E-state index >= 15 is 0 Å². The summed E-state index contributed by atoms with van der Waals surface area (Å²) in [6, 6.07) is 4.16. The number of rotatable bonds is 7. The van der Waals surface area contributed by atoms with Gasteiger partial charge in [0.1, 0.15) is 16.5 Å². The van der Waals surface area contributed by atoms with Crippen LogP contribution in [-0.2, 0) is 13.1 Å². The van der Waals surface area contributed by atoms with E-state index < -0.39 is 0 Å². The van der Waals surface area contributed by atoms with Crippen molar-refractivity contribution in [2.75, 3.05) is 26.7 Å². The SMILES string of the molecule is Cc1ccc(CN2CCC(CN(C)Cc3nc(C(C)C)cs3)CC2)o1. The van der Waals surface area contributed by atoms with Gasteiger partial charge in [-0.15, -0.1) is 11.3 Å². The number of hydrogen-bond acceptors (Lipinski definition) is 5. The maximum atomic E-state index is 5.71. The number of nitrogens with zero attached hydrogens (tertiary/aromatic N) is 3. The van der Waals surface area contributed by atoms with Crippen LogP contribution >= 0.6 is 11.3 Å². The minimum atomic E-state index is 0.526. The Bertz CT molecular complexity index is 655. The molecule has 0 amide bonds. The maximum Gasteiger partial charge on any atom is 0.118 e. The Morgan fingerprint density at radius 1 is 1.32 bits per heavy atom. The molecule has 1 fully saturated rings. The third-order valence-electron chi connectivity index (χ3n) is 5.02. The molecule has 0 unspecified atom stereocenters. The third-order valence-corrected chi connectivity index (χ3v) is 5.87. The highest BCUT2D eigenvalue weighted by molar-refractivity contribution is 7.09. The van der Waals surface area contributed by atoms with Gasteiger partial charge in [-0.2, -0.15) is 0 Å². The van der Waals surface area contributed by atoms with Gasteiger partial charge in [0.05, 0.1) is 18.8 Å². The molecule has 2 aromatic rings. The second kappa shape index (κ2) is 8.47. The Morgan fingerprint density at radius 3 is 2.68 bits per heavy atom. The van der Waals surface area contributed by atoms with Gasteiger partial charge in [-0.1, -0.05) is 13.8 Å². The van der Waals surface area contributed by atoms with Gasteiger partial charge in [0.25, 0.3) is 0 Å². The molecule has 0 saturated carbocycles. The van der Waals surface area contributed by atoms with Crippen LogP contribution in [0.25, 0.3) is 0 Å². The molecule has 0 spiro atoms. The van der Waals surface area contributed by atoms with Crippen molar-refractivity contribution in [3.05, 3.63) is 39.7 Å². The van der Waals surface area contributed by atoms with Gasteiger partial charge < -0.3 is 4.42 Å². The van der Waals surface area contributed by atoms with Crippen LogP contribution in [0.3, 0.4) is 0 Å². The number of aromatic nitrogens is 1. The van der Waals surface area contributed by atoms with E-state index in [0.29, 0.717) is 5.92 Å². The van der Waals surface area contributed by atoms with Gasteiger partial charge in [0.2, 0.25) is 0 Å². The predicted molar refractivity (Wildman–Crippen MR) is 104 cm³/mol. The fourth-order valence-electron chi connectivity index (χ4n) is 3.52. The molecule has 2 aromatic heterocycles. The van der Waals surface area contributed by atoms with Gasteiger partial charge in [-0.25, -0.2) is 4.98 Å². The normalized spacial score (nSPS) is 17.0. The molecule has 3 rings (SSSR count). The lowest BCUT2D eigenvalue weighted by atomic mass is 9.96. The average molecular weight is 362 g/mol. The maximum absolute atomic E-state index is 5.71. The fraction of sp³-hybridized carbons (Fsp3) is 0.650. The van der Waals surface area contributed by atoms with Gasteiger partial charge in [0.15, 0.2) is 0 Å². The van der Waals surface area contributed by atoms with Crippen LogP contribution in [0.5, 0.6) is 0 Å². The average Bonchev–Trinajstić information content (AvgIpc) is 3.18. The van der Waals surface area contributed by atoms with Gasteiger partial charge in [-0.05, 0) is 63.9 Å². The standard InChI is InChI=1S/C20H31N3OS/c1-15(2)19-14-25-20(21-19)13-22(4)11-17-7-9-23(10-8-17)12-18-6-5-16(3)24-18/h5-6,14-15,17H,7-13H2,1-4H3. The second-order valence-electron chi connectivity index (χ2n) is 7.75. The summed E-state index contributed by atoms with van der Waals surface area (Å²) in [7, 11) is 2.23. The quantitative estimate of drug-likeness (QED) is 0.726. The molecule has 0 aliphatic carbocycles. The van der Waals surface area contributed by atoms with Crippen LogP contribution in [0.1, 0.15) is 54.8 Å². The number of aryl methyl sites for hydroxylation is 1. The first-order valence-electron chi connectivity index (χ1n) is 9.40. The highest BCUT2D eigenvalue weighted by Gasteiger charge is 2.21. The molecule has 1 aliphatic heterocycles. The highest BCUT2D eigenvalue weighted by atomic mass is 32.1. The van der Waals surface area contributed by atoms with Crippen LogP contribution in [0.4, 0.5) is 0 Å². The van der Waals surface area contributed by atoms with Crippen molar-refractivity contribution in [1.29, 1.82) is 0 Å². The molecule has 1 aliphatic rings. The van der Waals surface area contributed by atoms with E-state index in [1.165, 1.54) is 43.2 Å². The number of likely N-dealkylation sites (tertiary alicyclic amines) is 1. The Balaban J connectivity index is 1.40. The van der Waals surface area contributed by atoms with Crippen molar-refractivity contribution in [2.45, 2.75) is 52.6 Å². The topological polar surface area (TPSA) is 32.5 Å². The zero-order valence-corrected chi connectivity index (χ0v) is 16.8. The Hall–Kier alpha value is -1.17. The molecule has 0 aromatic carbocycles. The lowest BCUT2D eigenvalue weighted by Crippen LogP contribution is -2.37. The van der Waals surface area contributed by atoms with Crippen molar-refractivity contribution in [2.24, 2.45) is 5.92 Å². The van der Waals surface area contributed by atoms with E-state index in [1.807, 2.05) is 6.92 Å². The minimum absolute atomic E-state index is 0.526. The monoisotopic (exact) mass is 361 g/mol. The zero-order valence-electron chi connectivity index (χ0n) is 16.0. The van der Waals surface area contributed by atoms with Crippen LogP contribution in [0.2, 0.25) is 0 Å². The molecule has 0 atom stereocenters. The van der Waals surface area contributed by atoms with E-state index in [0.717, 1.165) is 30.5 Å². The summed E-state index contributed by atoms with van der Waals surface area (Å²) >= 11 is 1.80. The smallest absolute Gasteiger partial charge is 0.118 e. The lowest BCUT2D eigenvalue weighted by molar-refractivity contribution is 0.140. The molecular weight excluding hydrogens is 330 g/mol. The Kier molecular flexibility index (Phi) is 6.31. The third kappa shape index (κ3) is 5.40. The number of piperidine rings is 1. The van der Waals surface area contributed by atoms with Crippen molar-refractivity contribution in [3.8, 4) is 0 Å². The van der Waals surface area contributed by atoms with E-state index in [2.05, 4.69) is 48.2 Å². The van der Waals surface area contributed by atoms with E-state index in [9.17, 15) is 0 Å². The van der Waals surface area contributed by atoms with E-state index in [1.54, 1.807) is 11.3 Å². The van der Waals surface area contributed by atoms with Crippen LogP contribution in [0, 0.1) is 12.8 Å². The van der Waals surface area contributed by atoms with Gasteiger partial charge in [0, 0.05) is 11.9 Å². The molecule has 0 N–H and O–H groups in total. The molecule has 0 radical (unpaired) electrons. The largest absolute Gasteiger partial charge is 0.465 e. The second-order valence-corrected chi connectivity index (χ2v) is 8.69. The molecule has 3 heterocycles. The number of hydrogen-bond donors (Lipinski definition) is 0. The van der Waals surface area contributed by atoms with Crippen molar-refractivity contribution in [3.63, 3.8) is 0 Å². The number of thiazole rings is 1. The summed E-state index contributed by atoms with van der Waals surface area (Å²) in [5, 5.41) is 3.46. The van der Waals surface area contributed by atoms with Gasteiger partial charge in [-0.3, -0.25) is 9.80 Å². The van der Waals surface area contributed by atoms with E-state index in [-0.39, 0.29) is 0 Å². The van der Waals surface area contributed by atoms with Crippen molar-refractivity contribution >= 4 is 11.3 Å². The molecular formula is C20H31N3OS. The number of furan rings is 1. The summed E-state index contributed by atoms with van der Waals surface area (Å²) in [6.45, 7) is 11.9. The van der Waals surface area contributed by atoms with E-state index in [4.69, 9.17) is 9.40 Å². The molecule has 5 heteroatoms. The fourth-order valence-corrected chi connectivity index (χ4v) is 4.55. The Labute approximate surface area is 155 Å². The first kappa shape index (κ1) is 18.6. The minimum Gasteiger partial charge on any atom is -0.465 e. The molecule has 25 heavy (non-hydrogen) atoms. The highest BCUT2D eigenvalue weighted by Crippen LogP contribution is 2.22. The Morgan fingerprint density at radius 2 is 2.08 bits per heavy atom. The summed E-state index contributed by atoms with van der Waals surface area (Å²) in [5.41, 5.74) is 1.23. The van der Waals surface area contributed by atoms with Crippen LogP contribution < -0.4 is 0 Å². The summed E-state index contributed by atoms with van der Waals surface area (Å²) < 4.78 is 5.71. The molecule has 138 valence electrons. The summed E-state index contributed by atoms with van der Waals surface area (Å²) in [4.78, 5) is 9.72. The molecule has 1 saturated heterocycles. The lowest BCUT2D eigenvalue weighted by Gasteiger charge is -2.33. The summed E-state index contributed by atoms with van der Waals surface area (Å²) in [6.07, 6.45) is 2.55. The predicted octanol–water partition coefficient (Wildman–Crippen LogP) is 4.51. The summed E-state index contributed by atoms with van der Waals surface area (Å²) in [5.74, 6) is 3.42. The van der Waals surface area contributed by atoms with Gasteiger partial charge >= 0.3 is 0 Å². The van der Waals surface area contributed by atoms with Crippen molar-refractivity contribution < 1.29 is 4.42 Å². The molecule has 0 bridgehead atoms. The molecule has 4 nitrogen and oxygen atoms in total. The first-order valence-corrected chi connectivity index (χ1v) is 10.3.